The van der Waals surface area contributed by atoms with Crippen molar-refractivity contribution in [2.24, 2.45) is 0 Å². The lowest BCUT2D eigenvalue weighted by atomic mass is 9.86. The molecule has 0 unspecified atom stereocenters. The van der Waals surface area contributed by atoms with Crippen LogP contribution < -0.4 is 0 Å². The average Bonchev–Trinajstić information content (AvgIpc) is 2.14. The van der Waals surface area contributed by atoms with Gasteiger partial charge in [0.2, 0.25) is 0 Å². The van der Waals surface area contributed by atoms with Crippen LogP contribution in [0.4, 0.5) is 0 Å². The highest BCUT2D eigenvalue weighted by Gasteiger charge is 2.28. The van der Waals surface area contributed by atoms with Crippen molar-refractivity contribution >= 4 is 0 Å². The molecule has 0 radical (unpaired) electrons. The van der Waals surface area contributed by atoms with Gasteiger partial charge in [0.25, 0.3) is 0 Å². The fourth-order valence-electron chi connectivity index (χ4n) is 1.76. The van der Waals surface area contributed by atoms with Crippen molar-refractivity contribution in [3.8, 4) is 0 Å². The van der Waals surface area contributed by atoms with Crippen molar-refractivity contribution in [3.05, 3.63) is 0 Å². The Hall–Kier alpha value is -0.120. The summed E-state index contributed by atoms with van der Waals surface area (Å²) in [5, 5.41) is 10.0. The van der Waals surface area contributed by atoms with Crippen LogP contribution in [0.1, 0.15) is 32.1 Å². The van der Waals surface area contributed by atoms with Crippen molar-refractivity contribution in [2.75, 3.05) is 26.9 Å². The third kappa shape index (κ3) is 4.07. The molecule has 1 aliphatic carbocycles. The standard InChI is InChI=1S/C10H20O3/c1-12-7-8-13-9-10(11)5-3-2-4-6-10/h11H,2-9H2,1H3. The summed E-state index contributed by atoms with van der Waals surface area (Å²) >= 11 is 0. The van der Waals surface area contributed by atoms with E-state index in [2.05, 4.69) is 0 Å². The molecular weight excluding hydrogens is 168 g/mol. The van der Waals surface area contributed by atoms with E-state index in [0.29, 0.717) is 19.8 Å². The molecule has 0 aromatic rings. The van der Waals surface area contributed by atoms with Gasteiger partial charge in [-0.15, -0.1) is 0 Å². The summed E-state index contributed by atoms with van der Waals surface area (Å²) in [4.78, 5) is 0. The molecule has 0 spiro atoms. The highest BCUT2D eigenvalue weighted by Crippen LogP contribution is 2.27. The minimum Gasteiger partial charge on any atom is -0.387 e. The normalized spacial score (nSPS) is 21.7. The number of methoxy groups -OCH3 is 1. The van der Waals surface area contributed by atoms with Gasteiger partial charge in [-0.1, -0.05) is 19.3 Å². The molecule has 13 heavy (non-hydrogen) atoms. The van der Waals surface area contributed by atoms with Crippen LogP contribution in [0.15, 0.2) is 0 Å². The van der Waals surface area contributed by atoms with Gasteiger partial charge < -0.3 is 14.6 Å². The first-order valence-corrected chi connectivity index (χ1v) is 5.06. The maximum Gasteiger partial charge on any atom is 0.0880 e. The zero-order valence-corrected chi connectivity index (χ0v) is 8.42. The van der Waals surface area contributed by atoms with Crippen LogP contribution in [0.3, 0.4) is 0 Å². The van der Waals surface area contributed by atoms with Gasteiger partial charge in [0.1, 0.15) is 0 Å². The van der Waals surface area contributed by atoms with E-state index in [1.807, 2.05) is 0 Å². The molecule has 0 aliphatic heterocycles. The van der Waals surface area contributed by atoms with Crippen molar-refractivity contribution in [1.82, 2.24) is 0 Å². The molecule has 0 saturated heterocycles. The second-order valence-corrected chi connectivity index (χ2v) is 3.83. The summed E-state index contributed by atoms with van der Waals surface area (Å²) in [6, 6.07) is 0. The van der Waals surface area contributed by atoms with Crippen molar-refractivity contribution in [2.45, 2.75) is 37.7 Å². The van der Waals surface area contributed by atoms with Gasteiger partial charge in [-0.25, -0.2) is 0 Å². The van der Waals surface area contributed by atoms with E-state index in [0.717, 1.165) is 25.7 Å². The van der Waals surface area contributed by atoms with Gasteiger partial charge >= 0.3 is 0 Å². The third-order valence-corrected chi connectivity index (χ3v) is 2.59. The minimum atomic E-state index is -0.550. The van der Waals surface area contributed by atoms with Gasteiger partial charge in [0.05, 0.1) is 25.4 Å². The maximum absolute atomic E-state index is 10.0. The molecule has 1 N–H and O–H groups in total. The fraction of sp³-hybridized carbons (Fsp3) is 1.00. The quantitative estimate of drug-likeness (QED) is 0.662. The first-order valence-electron chi connectivity index (χ1n) is 5.06. The van der Waals surface area contributed by atoms with Gasteiger partial charge in [0, 0.05) is 7.11 Å². The highest BCUT2D eigenvalue weighted by atomic mass is 16.5. The molecule has 0 heterocycles. The number of rotatable bonds is 5. The molecule has 0 aromatic heterocycles. The smallest absolute Gasteiger partial charge is 0.0880 e. The third-order valence-electron chi connectivity index (χ3n) is 2.59. The minimum absolute atomic E-state index is 0.469. The molecular formula is C10H20O3. The molecule has 78 valence electrons. The fourth-order valence-corrected chi connectivity index (χ4v) is 1.76. The Bertz CT molecular complexity index is 130. The first-order chi connectivity index (χ1) is 6.27. The van der Waals surface area contributed by atoms with Gasteiger partial charge in [-0.05, 0) is 12.8 Å². The topological polar surface area (TPSA) is 38.7 Å². The Kier molecular flexibility index (Phi) is 4.70. The van der Waals surface area contributed by atoms with Gasteiger partial charge in [0.15, 0.2) is 0 Å². The Labute approximate surface area is 80.0 Å². The number of hydrogen-bond donors (Lipinski definition) is 1. The zero-order chi connectivity index (χ0) is 9.57. The lowest BCUT2D eigenvalue weighted by molar-refractivity contribution is -0.0749. The van der Waals surface area contributed by atoms with Crippen LogP contribution in [-0.2, 0) is 9.47 Å². The van der Waals surface area contributed by atoms with Crippen LogP contribution in [0.5, 0.6) is 0 Å². The van der Waals surface area contributed by atoms with Crippen LogP contribution in [0, 0.1) is 0 Å². The molecule has 3 heteroatoms. The van der Waals surface area contributed by atoms with Crippen LogP contribution in [-0.4, -0.2) is 37.6 Å². The summed E-state index contributed by atoms with van der Waals surface area (Å²) in [7, 11) is 1.65. The van der Waals surface area contributed by atoms with E-state index >= 15 is 0 Å². The van der Waals surface area contributed by atoms with E-state index in [1.54, 1.807) is 7.11 Å². The Morgan fingerprint density at radius 1 is 1.15 bits per heavy atom. The summed E-state index contributed by atoms with van der Waals surface area (Å²) in [6.07, 6.45) is 5.29. The Balaban J connectivity index is 2.10. The van der Waals surface area contributed by atoms with Crippen LogP contribution in [0.25, 0.3) is 0 Å². The van der Waals surface area contributed by atoms with Crippen molar-refractivity contribution < 1.29 is 14.6 Å². The van der Waals surface area contributed by atoms with Gasteiger partial charge in [-0.3, -0.25) is 0 Å². The van der Waals surface area contributed by atoms with Crippen LogP contribution in [0.2, 0.25) is 0 Å². The van der Waals surface area contributed by atoms with E-state index in [1.165, 1.54) is 6.42 Å². The molecule has 1 fully saturated rings. The van der Waals surface area contributed by atoms with E-state index < -0.39 is 5.60 Å². The van der Waals surface area contributed by atoms with E-state index in [-0.39, 0.29) is 0 Å². The molecule has 0 amide bonds. The second-order valence-electron chi connectivity index (χ2n) is 3.83. The second kappa shape index (κ2) is 5.58. The molecule has 0 atom stereocenters. The van der Waals surface area contributed by atoms with E-state index in [9.17, 15) is 5.11 Å². The Morgan fingerprint density at radius 3 is 2.46 bits per heavy atom. The Morgan fingerprint density at radius 2 is 1.85 bits per heavy atom. The lowest BCUT2D eigenvalue weighted by Gasteiger charge is -2.31. The molecule has 1 aliphatic rings. The van der Waals surface area contributed by atoms with Crippen molar-refractivity contribution in [1.29, 1.82) is 0 Å². The first kappa shape index (κ1) is 11.0. The van der Waals surface area contributed by atoms with Gasteiger partial charge in [-0.2, -0.15) is 0 Å². The highest BCUT2D eigenvalue weighted by molar-refractivity contribution is 4.81. The number of ether oxygens (including phenoxy) is 2. The molecule has 0 bridgehead atoms. The lowest BCUT2D eigenvalue weighted by Crippen LogP contribution is -2.37. The number of aliphatic hydroxyl groups is 1. The number of hydrogen-bond acceptors (Lipinski definition) is 3. The van der Waals surface area contributed by atoms with E-state index in [4.69, 9.17) is 9.47 Å². The summed E-state index contributed by atoms with van der Waals surface area (Å²) in [5.41, 5.74) is -0.550. The molecule has 3 nitrogen and oxygen atoms in total. The van der Waals surface area contributed by atoms with Crippen LogP contribution >= 0.6 is 0 Å². The van der Waals surface area contributed by atoms with Crippen molar-refractivity contribution in [3.63, 3.8) is 0 Å². The maximum atomic E-state index is 10.0. The average molecular weight is 188 g/mol. The summed E-state index contributed by atoms with van der Waals surface area (Å²) in [6.45, 7) is 1.66. The summed E-state index contributed by atoms with van der Waals surface area (Å²) in [5.74, 6) is 0. The summed E-state index contributed by atoms with van der Waals surface area (Å²) < 4.78 is 10.2. The largest absolute Gasteiger partial charge is 0.387 e. The molecule has 1 saturated carbocycles. The molecule has 1 rings (SSSR count). The predicted molar refractivity (Wildman–Crippen MR) is 50.7 cm³/mol. The molecule has 0 aromatic carbocycles. The zero-order valence-electron chi connectivity index (χ0n) is 8.42. The predicted octanol–water partition coefficient (Wildman–Crippen LogP) is 1.34. The monoisotopic (exact) mass is 188 g/mol. The SMILES string of the molecule is COCCOCC1(O)CCCCC1.